The number of rotatable bonds is 2. The summed E-state index contributed by atoms with van der Waals surface area (Å²) in [5, 5.41) is 10.9. The summed E-state index contributed by atoms with van der Waals surface area (Å²) in [5.74, 6) is 0.912. The first-order valence-corrected chi connectivity index (χ1v) is 7.66. The van der Waals surface area contributed by atoms with E-state index in [-0.39, 0.29) is 16.7 Å². The number of hydrogen-bond donors (Lipinski definition) is 0. The minimum Gasteiger partial charge on any atom is -0.492 e. The SMILES string of the molecule is Cc1cc(C)c2c(c1)OCCN(C)C2c1ccc([N+](=O)[O-])cc1. The van der Waals surface area contributed by atoms with E-state index in [4.69, 9.17) is 4.74 Å². The highest BCUT2D eigenvalue weighted by Crippen LogP contribution is 2.39. The summed E-state index contributed by atoms with van der Waals surface area (Å²) >= 11 is 0. The number of benzene rings is 2. The molecule has 23 heavy (non-hydrogen) atoms. The Balaban J connectivity index is 2.12. The Morgan fingerprint density at radius 1 is 1.22 bits per heavy atom. The number of ether oxygens (including phenoxy) is 1. The molecule has 1 atom stereocenters. The molecular formula is C18H20N2O3. The molecule has 0 aliphatic carbocycles. The molecule has 1 heterocycles. The summed E-state index contributed by atoms with van der Waals surface area (Å²) in [4.78, 5) is 12.7. The van der Waals surface area contributed by atoms with Gasteiger partial charge >= 0.3 is 0 Å². The Bertz CT molecular complexity index is 741. The number of nitro groups is 1. The summed E-state index contributed by atoms with van der Waals surface area (Å²) in [6, 6.07) is 11.1. The van der Waals surface area contributed by atoms with Crippen molar-refractivity contribution in [2.45, 2.75) is 19.9 Å². The molecule has 0 N–H and O–H groups in total. The van der Waals surface area contributed by atoms with Crippen LogP contribution in [0, 0.1) is 24.0 Å². The van der Waals surface area contributed by atoms with Crippen LogP contribution in [0.25, 0.3) is 0 Å². The molecule has 2 aromatic carbocycles. The first-order valence-electron chi connectivity index (χ1n) is 7.66. The lowest BCUT2D eigenvalue weighted by Crippen LogP contribution is -2.27. The zero-order valence-electron chi connectivity index (χ0n) is 13.6. The maximum atomic E-state index is 10.9. The van der Waals surface area contributed by atoms with Gasteiger partial charge in [0.25, 0.3) is 5.69 Å². The van der Waals surface area contributed by atoms with Gasteiger partial charge in [-0.1, -0.05) is 18.2 Å². The third kappa shape index (κ3) is 2.92. The van der Waals surface area contributed by atoms with Gasteiger partial charge in [-0.3, -0.25) is 15.0 Å². The fourth-order valence-electron chi connectivity index (χ4n) is 3.26. The van der Waals surface area contributed by atoms with Gasteiger partial charge in [0, 0.05) is 24.2 Å². The molecule has 0 spiro atoms. The van der Waals surface area contributed by atoms with E-state index in [2.05, 4.69) is 37.9 Å². The molecular weight excluding hydrogens is 292 g/mol. The Hall–Kier alpha value is -2.40. The fraction of sp³-hybridized carbons (Fsp3) is 0.333. The molecule has 1 aliphatic heterocycles. The number of non-ortho nitro benzene ring substituents is 1. The van der Waals surface area contributed by atoms with Crippen molar-refractivity contribution in [3.05, 3.63) is 68.8 Å². The van der Waals surface area contributed by atoms with Crippen molar-refractivity contribution in [2.24, 2.45) is 0 Å². The lowest BCUT2D eigenvalue weighted by atomic mass is 9.92. The van der Waals surface area contributed by atoms with Gasteiger partial charge in [0.1, 0.15) is 12.4 Å². The van der Waals surface area contributed by atoms with Crippen LogP contribution in [0.3, 0.4) is 0 Å². The fourth-order valence-corrected chi connectivity index (χ4v) is 3.26. The molecule has 1 unspecified atom stereocenters. The van der Waals surface area contributed by atoms with E-state index in [0.717, 1.165) is 23.4 Å². The molecule has 0 saturated carbocycles. The molecule has 3 rings (SSSR count). The van der Waals surface area contributed by atoms with Gasteiger partial charge in [0.2, 0.25) is 0 Å². The average Bonchev–Trinajstić information content (AvgIpc) is 2.66. The third-order valence-corrected chi connectivity index (χ3v) is 4.33. The minimum atomic E-state index is -0.369. The van der Waals surface area contributed by atoms with E-state index in [0.29, 0.717) is 6.61 Å². The average molecular weight is 312 g/mol. The van der Waals surface area contributed by atoms with Gasteiger partial charge in [0.05, 0.1) is 11.0 Å². The van der Waals surface area contributed by atoms with E-state index in [9.17, 15) is 10.1 Å². The van der Waals surface area contributed by atoms with Crippen LogP contribution in [-0.4, -0.2) is 30.0 Å². The van der Waals surface area contributed by atoms with Crippen molar-refractivity contribution >= 4 is 5.69 Å². The van der Waals surface area contributed by atoms with Gasteiger partial charge in [-0.2, -0.15) is 0 Å². The molecule has 0 aromatic heterocycles. The summed E-state index contributed by atoms with van der Waals surface area (Å²) in [6.45, 7) is 5.59. The van der Waals surface area contributed by atoms with E-state index >= 15 is 0 Å². The zero-order valence-corrected chi connectivity index (χ0v) is 13.6. The lowest BCUT2D eigenvalue weighted by Gasteiger charge is -2.28. The summed E-state index contributed by atoms with van der Waals surface area (Å²) < 4.78 is 5.94. The highest BCUT2D eigenvalue weighted by atomic mass is 16.6. The summed E-state index contributed by atoms with van der Waals surface area (Å²) in [7, 11) is 2.06. The van der Waals surface area contributed by atoms with Crippen molar-refractivity contribution in [3.8, 4) is 5.75 Å². The first-order chi connectivity index (χ1) is 11.0. The van der Waals surface area contributed by atoms with Gasteiger partial charge in [-0.05, 0) is 43.7 Å². The second-order valence-electron chi connectivity index (χ2n) is 6.07. The van der Waals surface area contributed by atoms with Crippen molar-refractivity contribution in [3.63, 3.8) is 0 Å². The maximum absolute atomic E-state index is 10.9. The number of hydrogen-bond acceptors (Lipinski definition) is 4. The van der Waals surface area contributed by atoms with Crippen LogP contribution in [0.4, 0.5) is 5.69 Å². The van der Waals surface area contributed by atoms with Crippen LogP contribution in [0.2, 0.25) is 0 Å². The smallest absolute Gasteiger partial charge is 0.269 e. The zero-order chi connectivity index (χ0) is 16.6. The van der Waals surface area contributed by atoms with E-state index < -0.39 is 0 Å². The molecule has 0 amide bonds. The predicted octanol–water partition coefficient (Wildman–Crippen LogP) is 3.63. The topological polar surface area (TPSA) is 55.6 Å². The van der Waals surface area contributed by atoms with Gasteiger partial charge in [0.15, 0.2) is 0 Å². The monoisotopic (exact) mass is 312 g/mol. The van der Waals surface area contributed by atoms with Gasteiger partial charge in [-0.15, -0.1) is 0 Å². The van der Waals surface area contributed by atoms with Crippen molar-refractivity contribution in [2.75, 3.05) is 20.2 Å². The normalized spacial score (nSPS) is 18.0. The molecule has 2 aromatic rings. The Morgan fingerprint density at radius 3 is 2.57 bits per heavy atom. The second kappa shape index (κ2) is 6.01. The minimum absolute atomic E-state index is 0.0360. The number of likely N-dealkylation sites (N-methyl/N-ethyl adjacent to an activating group) is 1. The second-order valence-corrected chi connectivity index (χ2v) is 6.07. The molecule has 5 heteroatoms. The van der Waals surface area contributed by atoms with E-state index in [1.54, 1.807) is 12.1 Å². The molecule has 0 saturated heterocycles. The van der Waals surface area contributed by atoms with Crippen LogP contribution in [0.1, 0.15) is 28.3 Å². The molecule has 1 aliphatic rings. The van der Waals surface area contributed by atoms with Crippen molar-refractivity contribution < 1.29 is 9.66 Å². The summed E-state index contributed by atoms with van der Waals surface area (Å²) in [6.07, 6.45) is 0. The van der Waals surface area contributed by atoms with Crippen molar-refractivity contribution in [1.82, 2.24) is 4.90 Å². The van der Waals surface area contributed by atoms with Crippen molar-refractivity contribution in [1.29, 1.82) is 0 Å². The Kier molecular flexibility index (Phi) is 4.05. The molecule has 0 fully saturated rings. The van der Waals surface area contributed by atoms with Crippen LogP contribution in [0.5, 0.6) is 5.75 Å². The molecule has 0 radical (unpaired) electrons. The van der Waals surface area contributed by atoms with Crippen LogP contribution < -0.4 is 4.74 Å². The van der Waals surface area contributed by atoms with Gasteiger partial charge < -0.3 is 4.74 Å². The molecule has 5 nitrogen and oxygen atoms in total. The molecule has 120 valence electrons. The Morgan fingerprint density at radius 2 is 1.91 bits per heavy atom. The van der Waals surface area contributed by atoms with Crippen LogP contribution in [-0.2, 0) is 0 Å². The van der Waals surface area contributed by atoms with Crippen LogP contribution in [0.15, 0.2) is 36.4 Å². The highest BCUT2D eigenvalue weighted by molar-refractivity contribution is 5.50. The lowest BCUT2D eigenvalue weighted by molar-refractivity contribution is -0.384. The van der Waals surface area contributed by atoms with Gasteiger partial charge in [-0.25, -0.2) is 0 Å². The summed E-state index contributed by atoms with van der Waals surface area (Å²) in [5.41, 5.74) is 4.65. The quantitative estimate of drug-likeness (QED) is 0.628. The standard InChI is InChI=1S/C18H20N2O3/c1-12-10-13(2)17-16(11-12)23-9-8-19(3)18(17)14-4-6-15(7-5-14)20(21)22/h4-7,10-11,18H,8-9H2,1-3H3. The first kappa shape index (κ1) is 15.5. The number of aryl methyl sites for hydroxylation is 2. The number of nitrogens with zero attached hydrogens (tertiary/aromatic N) is 2. The number of nitro benzene ring substituents is 1. The number of fused-ring (bicyclic) bond motifs is 1. The van der Waals surface area contributed by atoms with E-state index in [1.807, 2.05) is 12.1 Å². The largest absolute Gasteiger partial charge is 0.492 e. The molecule has 0 bridgehead atoms. The van der Waals surface area contributed by atoms with Crippen LogP contribution >= 0.6 is 0 Å². The highest BCUT2D eigenvalue weighted by Gasteiger charge is 2.27. The predicted molar refractivity (Wildman–Crippen MR) is 89.0 cm³/mol. The Labute approximate surface area is 135 Å². The van der Waals surface area contributed by atoms with E-state index in [1.165, 1.54) is 11.1 Å². The maximum Gasteiger partial charge on any atom is 0.269 e. The third-order valence-electron chi connectivity index (χ3n) is 4.33.